The van der Waals surface area contributed by atoms with Crippen LogP contribution in [0.25, 0.3) is 0 Å². The molecule has 0 aliphatic carbocycles. The number of carbonyl (C=O) groups is 3. The molecule has 17 heavy (non-hydrogen) atoms. The average molecular weight is 245 g/mol. The van der Waals surface area contributed by atoms with Crippen LogP contribution in [0.3, 0.4) is 0 Å². The van der Waals surface area contributed by atoms with Gasteiger partial charge in [-0.15, -0.1) is 0 Å². The molecule has 0 bridgehead atoms. The predicted molar refractivity (Wildman–Crippen MR) is 59.5 cm³/mol. The van der Waals surface area contributed by atoms with Crippen molar-refractivity contribution in [3.05, 3.63) is 0 Å². The van der Waals surface area contributed by atoms with Gasteiger partial charge in [-0.25, -0.2) is 19.4 Å². The number of ketones is 1. The number of nitrogens with two attached hydrogens (primary N) is 1. The first-order chi connectivity index (χ1) is 7.81. The van der Waals surface area contributed by atoms with E-state index in [1.807, 2.05) is 0 Å². The van der Waals surface area contributed by atoms with Crippen LogP contribution < -0.4 is 5.73 Å². The van der Waals surface area contributed by atoms with Gasteiger partial charge in [0, 0.05) is 5.92 Å². The minimum Gasteiger partial charge on any atom is -0.318 e. The van der Waals surface area contributed by atoms with Crippen molar-refractivity contribution < 1.29 is 24.2 Å². The zero-order valence-electron chi connectivity index (χ0n) is 10.6. The first-order valence-electron chi connectivity index (χ1n) is 5.53. The molecule has 0 aromatic rings. The molecule has 6 heteroatoms. The highest BCUT2D eigenvalue weighted by molar-refractivity contribution is 6.34. The van der Waals surface area contributed by atoms with E-state index in [9.17, 15) is 14.4 Å². The van der Waals surface area contributed by atoms with Crippen LogP contribution in [-0.2, 0) is 24.2 Å². The smallest absolute Gasteiger partial charge is 0.318 e. The Balaban J connectivity index is 4.17. The molecule has 2 N–H and O–H groups in total. The summed E-state index contributed by atoms with van der Waals surface area (Å²) in [5.74, 6) is -3.38. The maximum atomic E-state index is 11.3. The first-order valence-corrected chi connectivity index (χ1v) is 5.53. The van der Waals surface area contributed by atoms with E-state index in [1.54, 1.807) is 27.7 Å². The summed E-state index contributed by atoms with van der Waals surface area (Å²) in [4.78, 5) is 42.0. The van der Waals surface area contributed by atoms with E-state index in [-0.39, 0.29) is 5.92 Å². The van der Waals surface area contributed by atoms with Crippen molar-refractivity contribution in [2.75, 3.05) is 0 Å². The summed E-state index contributed by atoms with van der Waals surface area (Å²) in [6, 6.07) is -0.887. The Hall–Kier alpha value is -1.43. The lowest BCUT2D eigenvalue weighted by Crippen LogP contribution is -2.38. The molecule has 2 unspecified atom stereocenters. The number of rotatable bonds is 5. The maximum absolute atomic E-state index is 11.3. The number of hydrogen-bond acceptors (Lipinski definition) is 6. The van der Waals surface area contributed by atoms with Gasteiger partial charge in [0.25, 0.3) is 0 Å². The molecule has 0 amide bonds. The first kappa shape index (κ1) is 15.6. The number of carbonyl (C=O) groups excluding carboxylic acids is 3. The van der Waals surface area contributed by atoms with Gasteiger partial charge < -0.3 is 5.73 Å². The third-order valence-electron chi connectivity index (χ3n) is 2.45. The van der Waals surface area contributed by atoms with Gasteiger partial charge in [0.1, 0.15) is 6.04 Å². The fourth-order valence-corrected chi connectivity index (χ4v) is 0.834. The van der Waals surface area contributed by atoms with E-state index < -0.39 is 29.7 Å². The van der Waals surface area contributed by atoms with Gasteiger partial charge in [0.15, 0.2) is 0 Å². The Morgan fingerprint density at radius 2 is 1.65 bits per heavy atom. The van der Waals surface area contributed by atoms with Crippen LogP contribution in [0.5, 0.6) is 0 Å². The van der Waals surface area contributed by atoms with Crippen LogP contribution in [0, 0.1) is 11.8 Å². The topological polar surface area (TPSA) is 95.7 Å². The Labute approximate surface area is 100 Å². The highest BCUT2D eigenvalue weighted by Gasteiger charge is 2.26. The standard InChI is InChI=1S/C11H19NO5/c1-5-7(4)9(13)11(15)17-16-10(14)8(12)6(2)3/h6-8H,5,12H2,1-4H3. The Bertz CT molecular complexity index is 300. The van der Waals surface area contributed by atoms with Crippen molar-refractivity contribution in [3.63, 3.8) is 0 Å². The largest absolute Gasteiger partial charge is 0.421 e. The third kappa shape index (κ3) is 4.95. The second kappa shape index (κ2) is 7.01. The zero-order chi connectivity index (χ0) is 13.6. The van der Waals surface area contributed by atoms with Crippen molar-refractivity contribution in [2.24, 2.45) is 17.6 Å². The van der Waals surface area contributed by atoms with Gasteiger partial charge >= 0.3 is 11.9 Å². The minimum absolute atomic E-state index is 0.147. The molecular weight excluding hydrogens is 226 g/mol. The summed E-state index contributed by atoms with van der Waals surface area (Å²) in [7, 11) is 0. The second-order valence-corrected chi connectivity index (χ2v) is 4.22. The summed E-state index contributed by atoms with van der Waals surface area (Å²) in [5.41, 5.74) is 5.46. The monoisotopic (exact) mass is 245 g/mol. The number of hydrogen-bond donors (Lipinski definition) is 1. The molecule has 0 saturated heterocycles. The maximum Gasteiger partial charge on any atom is 0.421 e. The molecule has 6 nitrogen and oxygen atoms in total. The van der Waals surface area contributed by atoms with Gasteiger partial charge in [-0.2, -0.15) is 0 Å². The van der Waals surface area contributed by atoms with Crippen LogP contribution in [0.1, 0.15) is 34.1 Å². The molecule has 0 aromatic heterocycles. The highest BCUT2D eigenvalue weighted by atomic mass is 17.2. The summed E-state index contributed by atoms with van der Waals surface area (Å²) in [6.07, 6.45) is 0.507. The van der Waals surface area contributed by atoms with E-state index in [4.69, 9.17) is 5.73 Å². The van der Waals surface area contributed by atoms with Crippen LogP contribution in [-0.4, -0.2) is 23.8 Å². The Kier molecular flexibility index (Phi) is 6.42. The number of Topliss-reactive ketones (excluding diaryl/α,β-unsaturated/α-hetero) is 1. The zero-order valence-corrected chi connectivity index (χ0v) is 10.6. The molecule has 2 atom stereocenters. The second-order valence-electron chi connectivity index (χ2n) is 4.22. The minimum atomic E-state index is -1.18. The summed E-state index contributed by atoms with van der Waals surface area (Å²) in [6.45, 7) is 6.79. The average Bonchev–Trinajstić information content (AvgIpc) is 2.32. The van der Waals surface area contributed by atoms with Gasteiger partial charge in [-0.1, -0.05) is 27.7 Å². The molecular formula is C11H19NO5. The lowest BCUT2D eigenvalue weighted by molar-refractivity contribution is -0.258. The van der Waals surface area contributed by atoms with Crippen LogP contribution >= 0.6 is 0 Å². The lowest BCUT2D eigenvalue weighted by Gasteiger charge is -2.12. The van der Waals surface area contributed by atoms with Gasteiger partial charge in [-0.05, 0) is 12.3 Å². The molecule has 0 radical (unpaired) electrons. The summed E-state index contributed by atoms with van der Waals surface area (Å²) < 4.78 is 0. The molecule has 0 aromatic carbocycles. The quantitative estimate of drug-likeness (QED) is 0.432. The van der Waals surface area contributed by atoms with Crippen molar-refractivity contribution >= 4 is 17.7 Å². The molecule has 0 aliphatic heterocycles. The van der Waals surface area contributed by atoms with E-state index in [1.165, 1.54) is 0 Å². The molecule has 0 spiro atoms. The van der Waals surface area contributed by atoms with Crippen LogP contribution in [0.2, 0.25) is 0 Å². The fraction of sp³-hybridized carbons (Fsp3) is 0.727. The predicted octanol–water partition coefficient (Wildman–Crippen LogP) is 0.586. The molecule has 98 valence electrons. The van der Waals surface area contributed by atoms with E-state index >= 15 is 0 Å². The molecule has 0 saturated carbocycles. The fourth-order valence-electron chi connectivity index (χ4n) is 0.834. The van der Waals surface area contributed by atoms with Crippen LogP contribution in [0.4, 0.5) is 0 Å². The highest BCUT2D eigenvalue weighted by Crippen LogP contribution is 2.05. The normalized spacial score (nSPS) is 14.0. The summed E-state index contributed by atoms with van der Waals surface area (Å²) >= 11 is 0. The van der Waals surface area contributed by atoms with Crippen LogP contribution in [0.15, 0.2) is 0 Å². The lowest BCUT2D eigenvalue weighted by atomic mass is 10.0. The van der Waals surface area contributed by atoms with Gasteiger partial charge in [-0.3, -0.25) is 4.79 Å². The van der Waals surface area contributed by atoms with E-state index in [2.05, 4.69) is 9.78 Å². The SMILES string of the molecule is CCC(C)C(=O)C(=O)OOC(=O)C(N)C(C)C. The van der Waals surface area contributed by atoms with Gasteiger partial charge in [0.05, 0.1) is 0 Å². The molecule has 0 aliphatic rings. The van der Waals surface area contributed by atoms with Crippen molar-refractivity contribution in [1.29, 1.82) is 0 Å². The van der Waals surface area contributed by atoms with Crippen molar-refractivity contribution in [2.45, 2.75) is 40.2 Å². The third-order valence-corrected chi connectivity index (χ3v) is 2.45. The van der Waals surface area contributed by atoms with Gasteiger partial charge in [0.2, 0.25) is 5.78 Å². The Morgan fingerprint density at radius 3 is 2.06 bits per heavy atom. The summed E-state index contributed by atoms with van der Waals surface area (Å²) in [5, 5.41) is 0. The van der Waals surface area contributed by atoms with Crippen molar-refractivity contribution in [3.8, 4) is 0 Å². The Morgan fingerprint density at radius 1 is 1.12 bits per heavy atom. The molecule has 0 heterocycles. The van der Waals surface area contributed by atoms with E-state index in [0.29, 0.717) is 6.42 Å². The molecule has 0 fully saturated rings. The van der Waals surface area contributed by atoms with E-state index in [0.717, 1.165) is 0 Å². The molecule has 0 rings (SSSR count). The van der Waals surface area contributed by atoms with Crippen molar-refractivity contribution in [1.82, 2.24) is 0 Å².